The average Bonchev–Trinajstić information content (AvgIpc) is 3.35. The summed E-state index contributed by atoms with van der Waals surface area (Å²) in [5.74, 6) is -0.808. The average molecular weight is 477 g/mol. The van der Waals surface area contributed by atoms with Crippen molar-refractivity contribution in [1.29, 1.82) is 0 Å². The van der Waals surface area contributed by atoms with Gasteiger partial charge in [0.2, 0.25) is 0 Å². The number of nitrogen functional groups attached to an aromatic ring is 1. The van der Waals surface area contributed by atoms with Gasteiger partial charge in [-0.25, -0.2) is 9.18 Å². The lowest BCUT2D eigenvalue weighted by Gasteiger charge is -2.38. The summed E-state index contributed by atoms with van der Waals surface area (Å²) in [5, 5.41) is 0.852. The van der Waals surface area contributed by atoms with Gasteiger partial charge in [0.05, 0.1) is 17.6 Å². The summed E-state index contributed by atoms with van der Waals surface area (Å²) in [6.07, 6.45) is 4.09. The number of ether oxygens (including phenoxy) is 1. The summed E-state index contributed by atoms with van der Waals surface area (Å²) in [6, 6.07) is 12.2. The first-order valence-corrected chi connectivity index (χ1v) is 12.0. The number of H-pyrrole nitrogens is 1. The van der Waals surface area contributed by atoms with Gasteiger partial charge in [-0.15, -0.1) is 0 Å². The topological polar surface area (TPSA) is 91.7 Å². The fourth-order valence-corrected chi connectivity index (χ4v) is 5.08. The second-order valence-electron chi connectivity index (χ2n) is 9.06. The monoisotopic (exact) mass is 476 g/mol. The standard InChI is InChI=1S/C27H29FN4O3/c1-2-35-27(34)17-3-6-20(7-4-17)31-9-11-32(12-10-31)21-8-5-18(13-21)25-16-22-23(26(33)30-25)14-19(28)15-24(22)29/h3-4,6-7,13-16,21H,2,5,8-12,29H2,1H3,(H,30,33). The number of aromatic nitrogens is 1. The highest BCUT2D eigenvalue weighted by Crippen LogP contribution is 2.32. The molecule has 35 heavy (non-hydrogen) atoms. The highest BCUT2D eigenvalue weighted by molar-refractivity contribution is 5.94. The molecule has 1 atom stereocenters. The Kier molecular flexibility index (Phi) is 6.30. The molecule has 0 amide bonds. The molecule has 1 aromatic heterocycles. The third-order valence-electron chi connectivity index (χ3n) is 6.93. The first-order chi connectivity index (χ1) is 16.9. The van der Waals surface area contributed by atoms with Gasteiger partial charge in [0.15, 0.2) is 0 Å². The number of halogens is 1. The summed E-state index contributed by atoms with van der Waals surface area (Å²) in [5.41, 5.74) is 9.45. The van der Waals surface area contributed by atoms with Crippen LogP contribution in [0.2, 0.25) is 0 Å². The minimum Gasteiger partial charge on any atom is -0.462 e. The summed E-state index contributed by atoms with van der Waals surface area (Å²) in [6.45, 7) is 5.81. The molecule has 7 nitrogen and oxygen atoms in total. The van der Waals surface area contributed by atoms with E-state index in [1.165, 1.54) is 12.1 Å². The van der Waals surface area contributed by atoms with E-state index in [0.29, 0.717) is 23.6 Å². The number of nitrogens with two attached hydrogens (primary N) is 1. The van der Waals surface area contributed by atoms with E-state index in [-0.39, 0.29) is 22.6 Å². The molecule has 0 saturated carbocycles. The molecule has 2 aromatic carbocycles. The molecule has 0 bridgehead atoms. The maximum atomic E-state index is 13.7. The van der Waals surface area contributed by atoms with E-state index in [1.54, 1.807) is 6.92 Å². The van der Waals surface area contributed by atoms with Crippen molar-refractivity contribution >= 4 is 33.7 Å². The second-order valence-corrected chi connectivity index (χ2v) is 9.06. The fraction of sp³-hybridized carbons (Fsp3) is 0.333. The Morgan fingerprint density at radius 2 is 1.86 bits per heavy atom. The molecule has 3 aromatic rings. The van der Waals surface area contributed by atoms with E-state index in [9.17, 15) is 14.0 Å². The smallest absolute Gasteiger partial charge is 0.338 e. The Morgan fingerprint density at radius 1 is 1.11 bits per heavy atom. The van der Waals surface area contributed by atoms with Gasteiger partial charge in [-0.05, 0) is 67.8 Å². The molecule has 0 radical (unpaired) electrons. The third-order valence-corrected chi connectivity index (χ3v) is 6.93. The number of allylic oxidation sites excluding steroid dienone is 1. The highest BCUT2D eigenvalue weighted by atomic mass is 19.1. The number of esters is 1. The lowest BCUT2D eigenvalue weighted by Crippen LogP contribution is -2.49. The molecule has 3 N–H and O–H groups in total. The predicted molar refractivity (Wildman–Crippen MR) is 136 cm³/mol. The summed E-state index contributed by atoms with van der Waals surface area (Å²) in [4.78, 5) is 32.1. The second kappa shape index (κ2) is 9.54. The molecule has 182 valence electrons. The van der Waals surface area contributed by atoms with Gasteiger partial charge in [0, 0.05) is 54.7 Å². The van der Waals surface area contributed by atoms with Crippen LogP contribution in [0.3, 0.4) is 0 Å². The van der Waals surface area contributed by atoms with Gasteiger partial charge in [-0.2, -0.15) is 0 Å². The largest absolute Gasteiger partial charge is 0.462 e. The molecule has 0 spiro atoms. The molecule has 2 heterocycles. The predicted octanol–water partition coefficient (Wildman–Crippen LogP) is 3.79. The summed E-state index contributed by atoms with van der Waals surface area (Å²) in [7, 11) is 0. The van der Waals surface area contributed by atoms with Crippen molar-refractivity contribution in [2.24, 2.45) is 0 Å². The Labute approximate surface area is 203 Å². The molecule has 1 fully saturated rings. The minimum atomic E-state index is -0.512. The van der Waals surface area contributed by atoms with Crippen LogP contribution in [-0.2, 0) is 4.74 Å². The van der Waals surface area contributed by atoms with Crippen LogP contribution in [0.25, 0.3) is 16.3 Å². The molecule has 1 aliphatic heterocycles. The van der Waals surface area contributed by atoms with Crippen molar-refractivity contribution in [3.63, 3.8) is 0 Å². The van der Waals surface area contributed by atoms with Crippen molar-refractivity contribution < 1.29 is 13.9 Å². The Morgan fingerprint density at radius 3 is 2.57 bits per heavy atom. The van der Waals surface area contributed by atoms with Crippen molar-refractivity contribution in [1.82, 2.24) is 9.88 Å². The van der Waals surface area contributed by atoms with E-state index in [1.807, 2.05) is 30.3 Å². The van der Waals surface area contributed by atoms with Crippen LogP contribution in [0.1, 0.15) is 35.8 Å². The van der Waals surface area contributed by atoms with Crippen LogP contribution < -0.4 is 16.2 Å². The summed E-state index contributed by atoms with van der Waals surface area (Å²) < 4.78 is 18.7. The van der Waals surface area contributed by atoms with E-state index in [0.717, 1.165) is 56.0 Å². The molecule has 8 heteroatoms. The van der Waals surface area contributed by atoms with Crippen LogP contribution in [0.5, 0.6) is 0 Å². The minimum absolute atomic E-state index is 0.271. The number of anilines is 2. The lowest BCUT2D eigenvalue weighted by atomic mass is 10.1. The van der Waals surface area contributed by atoms with Gasteiger partial charge < -0.3 is 20.4 Å². The normalized spacial score (nSPS) is 18.6. The first kappa shape index (κ1) is 23.1. The SMILES string of the molecule is CCOC(=O)c1ccc(N2CCN(C3C=C(c4cc5c(N)cc(F)cc5c(=O)[nH]4)CC3)CC2)cc1. The zero-order valence-corrected chi connectivity index (χ0v) is 19.7. The molecule has 2 aliphatic rings. The van der Waals surface area contributed by atoms with Crippen LogP contribution in [0.4, 0.5) is 15.8 Å². The number of pyridine rings is 1. The number of carbonyl (C=O) groups excluding carboxylic acids is 1. The van der Waals surface area contributed by atoms with E-state index in [2.05, 4.69) is 20.9 Å². The van der Waals surface area contributed by atoms with Crippen LogP contribution in [-0.4, -0.2) is 54.7 Å². The molecule has 1 aliphatic carbocycles. The number of rotatable bonds is 5. The Bertz CT molecular complexity index is 1340. The number of aromatic amines is 1. The molecular formula is C27H29FN4O3. The number of hydrogen-bond donors (Lipinski definition) is 2. The van der Waals surface area contributed by atoms with Gasteiger partial charge >= 0.3 is 5.97 Å². The first-order valence-electron chi connectivity index (χ1n) is 12.0. The molecule has 5 rings (SSSR count). The quantitative estimate of drug-likeness (QED) is 0.430. The van der Waals surface area contributed by atoms with Gasteiger partial charge in [0.25, 0.3) is 5.56 Å². The zero-order valence-electron chi connectivity index (χ0n) is 19.7. The lowest BCUT2D eigenvalue weighted by molar-refractivity contribution is 0.0526. The number of fused-ring (bicyclic) bond motifs is 1. The van der Waals surface area contributed by atoms with Crippen molar-refractivity contribution in [2.75, 3.05) is 43.4 Å². The van der Waals surface area contributed by atoms with Gasteiger partial charge in [-0.1, -0.05) is 6.08 Å². The van der Waals surface area contributed by atoms with E-state index in [4.69, 9.17) is 10.5 Å². The van der Waals surface area contributed by atoms with E-state index < -0.39 is 5.82 Å². The number of benzene rings is 2. The Balaban J connectivity index is 1.25. The number of nitrogens with one attached hydrogen (secondary N) is 1. The fourth-order valence-electron chi connectivity index (χ4n) is 5.08. The van der Waals surface area contributed by atoms with Crippen molar-refractivity contribution in [2.45, 2.75) is 25.8 Å². The maximum Gasteiger partial charge on any atom is 0.338 e. The number of hydrogen-bond acceptors (Lipinski definition) is 6. The molecule has 1 saturated heterocycles. The van der Waals surface area contributed by atoms with Crippen LogP contribution >= 0.6 is 0 Å². The highest BCUT2D eigenvalue weighted by Gasteiger charge is 2.27. The van der Waals surface area contributed by atoms with Gasteiger partial charge in [-0.3, -0.25) is 9.69 Å². The summed E-state index contributed by atoms with van der Waals surface area (Å²) >= 11 is 0. The van der Waals surface area contributed by atoms with Crippen molar-refractivity contribution in [3.05, 3.63) is 76.0 Å². The van der Waals surface area contributed by atoms with Gasteiger partial charge in [0.1, 0.15) is 5.82 Å². The number of nitrogens with zero attached hydrogens (tertiary/aromatic N) is 2. The van der Waals surface area contributed by atoms with Crippen molar-refractivity contribution in [3.8, 4) is 0 Å². The number of piperazine rings is 1. The van der Waals surface area contributed by atoms with Crippen LogP contribution in [0.15, 0.2) is 53.3 Å². The zero-order chi connectivity index (χ0) is 24.5. The molecule has 1 unspecified atom stereocenters. The molecular weight excluding hydrogens is 447 g/mol. The Hall–Kier alpha value is -3.65. The van der Waals surface area contributed by atoms with Crippen LogP contribution in [0, 0.1) is 5.82 Å². The maximum absolute atomic E-state index is 13.7. The van der Waals surface area contributed by atoms with E-state index >= 15 is 0 Å². The number of carbonyl (C=O) groups is 1. The third kappa shape index (κ3) is 4.66.